The largest absolute Gasteiger partial charge is 0.461 e. The lowest BCUT2D eigenvalue weighted by molar-refractivity contribution is -0.253. The summed E-state index contributed by atoms with van der Waals surface area (Å²) < 4.78 is 78.9. The Hall–Kier alpha value is -1.19. The first-order chi connectivity index (χ1) is 9.10. The predicted octanol–water partition coefficient (Wildman–Crippen LogP) is 2.97. The number of nitrogens with two attached hydrogens (primary N) is 1. The molecule has 1 atom stereocenters. The first kappa shape index (κ1) is 19.8. The first-order valence-electron chi connectivity index (χ1n) is 5.29. The second kappa shape index (κ2) is 7.19. The molecule has 10 heteroatoms. The molecular weight excluding hydrogens is 328 g/mol. The highest BCUT2D eigenvalue weighted by Crippen LogP contribution is 2.31. The van der Waals surface area contributed by atoms with Crippen LogP contribution in [0, 0.1) is 0 Å². The van der Waals surface area contributed by atoms with E-state index in [1.807, 2.05) is 0 Å². The zero-order chi connectivity index (χ0) is 15.6. The number of hydrogen-bond donors (Lipinski definition) is 2. The normalized spacial score (nSPS) is 13.8. The standard InChI is InChI=1S/C11H11F6NO2.ClH/c12-9(13)11(16,17)20-7-3-1-6(2-4-7)8(18)10(14,15)5-19;/h1-4,8-9,19H,5,18H2;1H/t8-;/m0./s1. The van der Waals surface area contributed by atoms with E-state index in [1.165, 1.54) is 0 Å². The maximum atomic E-state index is 13.1. The van der Waals surface area contributed by atoms with Crippen LogP contribution in [0.3, 0.4) is 0 Å². The molecule has 0 aliphatic carbocycles. The van der Waals surface area contributed by atoms with Gasteiger partial charge in [-0.15, -0.1) is 12.4 Å². The minimum Gasteiger partial charge on any atom is -0.428 e. The molecule has 0 heterocycles. The molecular formula is C11H12ClF6NO2. The van der Waals surface area contributed by atoms with E-state index >= 15 is 0 Å². The van der Waals surface area contributed by atoms with Crippen LogP contribution in [-0.2, 0) is 0 Å². The number of aliphatic hydroxyl groups is 1. The molecule has 0 fully saturated rings. The minimum atomic E-state index is -4.68. The Bertz CT molecular complexity index is 443. The average Bonchev–Trinajstić information content (AvgIpc) is 2.38. The van der Waals surface area contributed by atoms with Crippen molar-refractivity contribution in [2.75, 3.05) is 6.61 Å². The summed E-state index contributed by atoms with van der Waals surface area (Å²) in [7, 11) is 0. The Balaban J connectivity index is 0.00000400. The molecule has 1 aromatic carbocycles. The van der Waals surface area contributed by atoms with Crippen molar-refractivity contribution < 1.29 is 36.2 Å². The van der Waals surface area contributed by atoms with Crippen molar-refractivity contribution in [3.8, 4) is 5.75 Å². The van der Waals surface area contributed by atoms with Gasteiger partial charge < -0.3 is 15.6 Å². The lowest BCUT2D eigenvalue weighted by Gasteiger charge is -2.22. The zero-order valence-corrected chi connectivity index (χ0v) is 11.1. The highest BCUT2D eigenvalue weighted by molar-refractivity contribution is 5.85. The van der Waals surface area contributed by atoms with E-state index in [1.54, 1.807) is 0 Å². The molecule has 0 radical (unpaired) electrons. The predicted molar refractivity (Wildman–Crippen MR) is 64.2 cm³/mol. The second-order valence-electron chi connectivity index (χ2n) is 3.93. The summed E-state index contributed by atoms with van der Waals surface area (Å²) in [5.41, 5.74) is 5.02. The smallest absolute Gasteiger partial charge is 0.428 e. The summed E-state index contributed by atoms with van der Waals surface area (Å²) in [4.78, 5) is 0. The van der Waals surface area contributed by atoms with Gasteiger partial charge in [-0.3, -0.25) is 0 Å². The number of aliphatic hydroxyl groups excluding tert-OH is 1. The van der Waals surface area contributed by atoms with E-state index in [2.05, 4.69) is 4.74 Å². The van der Waals surface area contributed by atoms with Gasteiger partial charge in [-0.1, -0.05) is 12.1 Å². The van der Waals surface area contributed by atoms with Crippen LogP contribution in [-0.4, -0.2) is 30.2 Å². The van der Waals surface area contributed by atoms with Gasteiger partial charge in [0, 0.05) is 0 Å². The van der Waals surface area contributed by atoms with Crippen molar-refractivity contribution in [3.63, 3.8) is 0 Å². The Morgan fingerprint density at radius 1 is 1.10 bits per heavy atom. The van der Waals surface area contributed by atoms with Crippen LogP contribution in [0.5, 0.6) is 5.75 Å². The molecule has 0 aromatic heterocycles. The van der Waals surface area contributed by atoms with E-state index < -0.39 is 36.9 Å². The molecule has 0 unspecified atom stereocenters. The molecule has 0 bridgehead atoms. The van der Waals surface area contributed by atoms with Gasteiger partial charge >= 0.3 is 12.5 Å². The SMILES string of the molecule is Cl.N[C@@H](c1ccc(OC(F)(F)C(F)F)cc1)C(F)(F)CO. The molecule has 122 valence electrons. The Labute approximate surface area is 122 Å². The van der Waals surface area contributed by atoms with Crippen LogP contribution in [0.15, 0.2) is 24.3 Å². The minimum absolute atomic E-state index is 0. The van der Waals surface area contributed by atoms with Gasteiger partial charge in [-0.25, -0.2) is 8.78 Å². The van der Waals surface area contributed by atoms with Crippen molar-refractivity contribution in [2.45, 2.75) is 24.5 Å². The summed E-state index contributed by atoms with van der Waals surface area (Å²) >= 11 is 0. The third-order valence-corrected chi connectivity index (χ3v) is 2.41. The molecule has 0 spiro atoms. The summed E-state index contributed by atoms with van der Waals surface area (Å²) in [6.07, 6.45) is -8.71. The van der Waals surface area contributed by atoms with E-state index in [0.717, 1.165) is 24.3 Å². The fourth-order valence-electron chi connectivity index (χ4n) is 1.29. The number of rotatable bonds is 6. The van der Waals surface area contributed by atoms with Crippen LogP contribution in [0.1, 0.15) is 11.6 Å². The molecule has 0 aliphatic heterocycles. The van der Waals surface area contributed by atoms with Gasteiger partial charge in [0.2, 0.25) is 0 Å². The summed E-state index contributed by atoms with van der Waals surface area (Å²) in [6.45, 7) is -1.49. The molecule has 0 saturated carbocycles. The third-order valence-electron chi connectivity index (χ3n) is 2.41. The van der Waals surface area contributed by atoms with E-state index in [0.29, 0.717) is 0 Å². The first-order valence-corrected chi connectivity index (χ1v) is 5.29. The van der Waals surface area contributed by atoms with E-state index in [9.17, 15) is 26.3 Å². The van der Waals surface area contributed by atoms with Crippen LogP contribution >= 0.6 is 12.4 Å². The van der Waals surface area contributed by atoms with Gasteiger partial charge in [-0.2, -0.15) is 17.6 Å². The average molecular weight is 340 g/mol. The van der Waals surface area contributed by atoms with Gasteiger partial charge in [-0.05, 0) is 17.7 Å². The topological polar surface area (TPSA) is 55.5 Å². The summed E-state index contributed by atoms with van der Waals surface area (Å²) in [5.74, 6) is -4.23. The van der Waals surface area contributed by atoms with Crippen molar-refractivity contribution >= 4 is 12.4 Å². The monoisotopic (exact) mass is 339 g/mol. The van der Waals surface area contributed by atoms with Crippen LogP contribution in [0.25, 0.3) is 0 Å². The van der Waals surface area contributed by atoms with Gasteiger partial charge in [0.05, 0.1) is 6.04 Å². The van der Waals surface area contributed by atoms with E-state index in [4.69, 9.17) is 10.8 Å². The molecule has 3 nitrogen and oxygen atoms in total. The van der Waals surface area contributed by atoms with Crippen LogP contribution in [0.4, 0.5) is 26.3 Å². The number of benzene rings is 1. The maximum Gasteiger partial charge on any atom is 0.461 e. The highest BCUT2D eigenvalue weighted by atomic mass is 35.5. The van der Waals surface area contributed by atoms with Gasteiger partial charge in [0.25, 0.3) is 5.92 Å². The maximum absolute atomic E-state index is 13.1. The van der Waals surface area contributed by atoms with E-state index in [-0.39, 0.29) is 18.0 Å². The highest BCUT2D eigenvalue weighted by Gasteiger charge is 2.44. The molecule has 3 N–H and O–H groups in total. The quantitative estimate of drug-likeness (QED) is 0.783. The van der Waals surface area contributed by atoms with Gasteiger partial charge in [0.15, 0.2) is 0 Å². The Morgan fingerprint density at radius 2 is 1.57 bits per heavy atom. The second-order valence-corrected chi connectivity index (χ2v) is 3.93. The molecule has 21 heavy (non-hydrogen) atoms. The third kappa shape index (κ3) is 4.94. The fourth-order valence-corrected chi connectivity index (χ4v) is 1.29. The Kier molecular flexibility index (Phi) is 6.78. The van der Waals surface area contributed by atoms with Crippen LogP contribution in [0.2, 0.25) is 0 Å². The lowest BCUT2D eigenvalue weighted by atomic mass is 10.0. The number of ether oxygens (including phenoxy) is 1. The van der Waals surface area contributed by atoms with Crippen molar-refractivity contribution in [2.24, 2.45) is 5.73 Å². The molecule has 0 amide bonds. The zero-order valence-electron chi connectivity index (χ0n) is 10.3. The van der Waals surface area contributed by atoms with Crippen molar-refractivity contribution in [3.05, 3.63) is 29.8 Å². The Morgan fingerprint density at radius 3 is 1.95 bits per heavy atom. The molecule has 0 saturated heterocycles. The molecule has 1 aromatic rings. The molecule has 1 rings (SSSR count). The fraction of sp³-hybridized carbons (Fsp3) is 0.455. The summed E-state index contributed by atoms with van der Waals surface area (Å²) in [5, 5.41) is 8.46. The number of hydrogen-bond acceptors (Lipinski definition) is 3. The number of halogens is 7. The molecule has 0 aliphatic rings. The van der Waals surface area contributed by atoms with Crippen LogP contribution < -0.4 is 10.5 Å². The van der Waals surface area contributed by atoms with Crippen molar-refractivity contribution in [1.29, 1.82) is 0 Å². The lowest BCUT2D eigenvalue weighted by Crippen LogP contribution is -2.36. The number of alkyl halides is 6. The summed E-state index contributed by atoms with van der Waals surface area (Å²) in [6, 6.07) is 1.59. The van der Waals surface area contributed by atoms with Gasteiger partial charge in [0.1, 0.15) is 12.4 Å². The van der Waals surface area contributed by atoms with Crippen molar-refractivity contribution in [1.82, 2.24) is 0 Å².